The first-order chi connectivity index (χ1) is 7.95. The number of carbonyl (C=O) groups is 1. The van der Waals surface area contributed by atoms with E-state index in [1.165, 1.54) is 19.3 Å². The Kier molecular flexibility index (Phi) is 3.48. The van der Waals surface area contributed by atoms with Gasteiger partial charge in [-0.1, -0.05) is 26.7 Å². The summed E-state index contributed by atoms with van der Waals surface area (Å²) in [5.41, 5.74) is -0.502. The number of rotatable bonds is 5. The van der Waals surface area contributed by atoms with Crippen molar-refractivity contribution in [3.8, 4) is 0 Å². The molecule has 1 saturated carbocycles. The van der Waals surface area contributed by atoms with E-state index in [0.29, 0.717) is 6.04 Å². The number of carboxylic acids is 1. The number of likely N-dealkylation sites (tertiary alicyclic amines) is 1. The summed E-state index contributed by atoms with van der Waals surface area (Å²) in [6.07, 6.45) is 4.83. The van der Waals surface area contributed by atoms with Crippen molar-refractivity contribution in [1.82, 2.24) is 4.90 Å². The Hall–Kier alpha value is -0.570. The molecule has 1 saturated heterocycles. The van der Waals surface area contributed by atoms with Crippen LogP contribution in [0.3, 0.4) is 0 Å². The van der Waals surface area contributed by atoms with Crippen LogP contribution in [0.15, 0.2) is 0 Å². The average Bonchev–Trinajstić information content (AvgIpc) is 2.94. The molecule has 2 unspecified atom stereocenters. The van der Waals surface area contributed by atoms with Crippen molar-refractivity contribution in [1.29, 1.82) is 0 Å². The lowest BCUT2D eigenvalue weighted by Crippen LogP contribution is -2.41. The predicted octanol–water partition coefficient (Wildman–Crippen LogP) is 2.61. The first kappa shape index (κ1) is 12.9. The van der Waals surface area contributed by atoms with Gasteiger partial charge in [0.25, 0.3) is 0 Å². The molecule has 0 bridgehead atoms. The van der Waals surface area contributed by atoms with E-state index in [0.717, 1.165) is 25.4 Å². The normalized spacial score (nSPS) is 32.0. The second-order valence-corrected chi connectivity index (χ2v) is 6.36. The van der Waals surface area contributed by atoms with Gasteiger partial charge in [-0.25, -0.2) is 0 Å². The van der Waals surface area contributed by atoms with E-state index in [9.17, 15) is 9.90 Å². The van der Waals surface area contributed by atoms with Crippen molar-refractivity contribution < 1.29 is 9.90 Å². The standard InChI is InChI=1S/C14H25NO2/c1-10(2)14(13(16)17)6-7-15(9-14)11(3)8-12-4-5-12/h10-12H,4-9H2,1-3H3,(H,16,17). The third-order valence-electron chi connectivity index (χ3n) is 4.86. The van der Waals surface area contributed by atoms with Crippen LogP contribution in [0.5, 0.6) is 0 Å². The van der Waals surface area contributed by atoms with Gasteiger partial charge in [0.15, 0.2) is 0 Å². The molecule has 1 heterocycles. The van der Waals surface area contributed by atoms with E-state index in [-0.39, 0.29) is 5.92 Å². The molecule has 2 rings (SSSR count). The van der Waals surface area contributed by atoms with Crippen molar-refractivity contribution in [3.05, 3.63) is 0 Å². The van der Waals surface area contributed by atoms with Crippen molar-refractivity contribution in [2.24, 2.45) is 17.3 Å². The van der Waals surface area contributed by atoms with Gasteiger partial charge < -0.3 is 5.11 Å². The van der Waals surface area contributed by atoms with Crippen LogP contribution in [0, 0.1) is 17.3 Å². The molecule has 1 N–H and O–H groups in total. The van der Waals surface area contributed by atoms with Gasteiger partial charge >= 0.3 is 5.97 Å². The SMILES string of the molecule is CC(CC1CC1)N1CCC(C(=O)O)(C(C)C)C1. The molecular weight excluding hydrogens is 214 g/mol. The maximum Gasteiger partial charge on any atom is 0.311 e. The summed E-state index contributed by atoms with van der Waals surface area (Å²) in [5, 5.41) is 9.50. The summed E-state index contributed by atoms with van der Waals surface area (Å²) in [6.45, 7) is 8.05. The zero-order chi connectivity index (χ0) is 12.6. The largest absolute Gasteiger partial charge is 0.481 e. The van der Waals surface area contributed by atoms with Gasteiger partial charge in [0.2, 0.25) is 0 Å². The monoisotopic (exact) mass is 239 g/mol. The van der Waals surface area contributed by atoms with Crippen LogP contribution in [-0.4, -0.2) is 35.1 Å². The van der Waals surface area contributed by atoms with Gasteiger partial charge in [-0.05, 0) is 38.1 Å². The number of hydrogen-bond donors (Lipinski definition) is 1. The number of nitrogens with zero attached hydrogens (tertiary/aromatic N) is 1. The highest BCUT2D eigenvalue weighted by Gasteiger charge is 2.48. The zero-order valence-electron chi connectivity index (χ0n) is 11.3. The minimum Gasteiger partial charge on any atom is -0.481 e. The topological polar surface area (TPSA) is 40.5 Å². The zero-order valence-corrected chi connectivity index (χ0v) is 11.3. The maximum atomic E-state index is 11.5. The molecule has 3 heteroatoms. The van der Waals surface area contributed by atoms with Crippen LogP contribution in [0.1, 0.15) is 46.5 Å². The summed E-state index contributed by atoms with van der Waals surface area (Å²) >= 11 is 0. The third-order valence-corrected chi connectivity index (χ3v) is 4.86. The fourth-order valence-corrected chi connectivity index (χ4v) is 3.12. The van der Waals surface area contributed by atoms with Crippen LogP contribution in [0.4, 0.5) is 0 Å². The van der Waals surface area contributed by atoms with E-state index in [1.54, 1.807) is 0 Å². The highest BCUT2D eigenvalue weighted by atomic mass is 16.4. The summed E-state index contributed by atoms with van der Waals surface area (Å²) in [7, 11) is 0. The van der Waals surface area contributed by atoms with Gasteiger partial charge in [-0.15, -0.1) is 0 Å². The van der Waals surface area contributed by atoms with Crippen LogP contribution in [0.2, 0.25) is 0 Å². The molecule has 1 aliphatic carbocycles. The molecule has 3 nitrogen and oxygen atoms in total. The molecule has 0 aromatic heterocycles. The Morgan fingerprint density at radius 2 is 2.06 bits per heavy atom. The van der Waals surface area contributed by atoms with E-state index in [4.69, 9.17) is 0 Å². The average molecular weight is 239 g/mol. The third kappa shape index (κ3) is 2.49. The highest BCUT2D eigenvalue weighted by molar-refractivity contribution is 5.75. The predicted molar refractivity (Wildman–Crippen MR) is 67.9 cm³/mol. The van der Waals surface area contributed by atoms with Gasteiger partial charge in [-0.2, -0.15) is 0 Å². The quantitative estimate of drug-likeness (QED) is 0.801. The molecule has 0 spiro atoms. The van der Waals surface area contributed by atoms with Crippen LogP contribution >= 0.6 is 0 Å². The second-order valence-electron chi connectivity index (χ2n) is 6.36. The minimum absolute atomic E-state index is 0.220. The fraction of sp³-hybridized carbons (Fsp3) is 0.929. The molecule has 2 aliphatic rings. The Morgan fingerprint density at radius 3 is 2.47 bits per heavy atom. The Balaban J connectivity index is 1.98. The molecule has 0 aromatic rings. The maximum absolute atomic E-state index is 11.5. The molecular formula is C14H25NO2. The number of carboxylic acid groups (broad SMARTS) is 1. The lowest BCUT2D eigenvalue weighted by atomic mass is 9.76. The second kappa shape index (κ2) is 4.60. The first-order valence-corrected chi connectivity index (χ1v) is 6.93. The Labute approximate surface area is 104 Å². The lowest BCUT2D eigenvalue weighted by Gasteiger charge is -2.31. The number of hydrogen-bond acceptors (Lipinski definition) is 2. The molecule has 98 valence electrons. The molecule has 0 amide bonds. The highest BCUT2D eigenvalue weighted by Crippen LogP contribution is 2.41. The van der Waals surface area contributed by atoms with Crippen molar-refractivity contribution in [2.75, 3.05) is 13.1 Å². The van der Waals surface area contributed by atoms with E-state index >= 15 is 0 Å². The Morgan fingerprint density at radius 1 is 1.41 bits per heavy atom. The van der Waals surface area contributed by atoms with Gasteiger partial charge in [0.05, 0.1) is 5.41 Å². The van der Waals surface area contributed by atoms with Gasteiger partial charge in [-0.3, -0.25) is 9.69 Å². The van der Waals surface area contributed by atoms with Crippen molar-refractivity contribution in [3.63, 3.8) is 0 Å². The Bertz CT molecular complexity index is 299. The molecule has 2 atom stereocenters. The van der Waals surface area contributed by atoms with Crippen molar-refractivity contribution >= 4 is 5.97 Å². The molecule has 0 aromatic carbocycles. The summed E-state index contributed by atoms with van der Waals surface area (Å²) in [4.78, 5) is 13.9. The summed E-state index contributed by atoms with van der Waals surface area (Å²) in [5.74, 6) is 0.538. The van der Waals surface area contributed by atoms with E-state index in [2.05, 4.69) is 11.8 Å². The van der Waals surface area contributed by atoms with Crippen molar-refractivity contribution in [2.45, 2.75) is 52.5 Å². The fourth-order valence-electron chi connectivity index (χ4n) is 3.12. The molecule has 0 radical (unpaired) electrons. The van der Waals surface area contributed by atoms with Gasteiger partial charge in [0.1, 0.15) is 0 Å². The van der Waals surface area contributed by atoms with Gasteiger partial charge in [0, 0.05) is 12.6 Å². The summed E-state index contributed by atoms with van der Waals surface area (Å²) < 4.78 is 0. The minimum atomic E-state index is -0.603. The molecule has 17 heavy (non-hydrogen) atoms. The van der Waals surface area contributed by atoms with Crippen LogP contribution < -0.4 is 0 Å². The van der Waals surface area contributed by atoms with Crippen LogP contribution in [-0.2, 0) is 4.79 Å². The summed E-state index contributed by atoms with van der Waals surface area (Å²) in [6, 6.07) is 0.558. The smallest absolute Gasteiger partial charge is 0.311 e. The van der Waals surface area contributed by atoms with Crippen LogP contribution in [0.25, 0.3) is 0 Å². The number of aliphatic carboxylic acids is 1. The van der Waals surface area contributed by atoms with E-state index < -0.39 is 11.4 Å². The lowest BCUT2D eigenvalue weighted by molar-refractivity contribution is -0.151. The molecule has 1 aliphatic heterocycles. The van der Waals surface area contributed by atoms with E-state index in [1.807, 2.05) is 13.8 Å². The first-order valence-electron chi connectivity index (χ1n) is 6.93. The molecule has 2 fully saturated rings.